The fourth-order valence-corrected chi connectivity index (χ4v) is 5.21. The van der Waals surface area contributed by atoms with Gasteiger partial charge in [-0.15, -0.1) is 0 Å². The molecule has 158 valence electrons. The maximum absolute atomic E-state index is 13.7. The Morgan fingerprint density at radius 2 is 1.29 bits per heavy atom. The molecular weight excluding hydrogens is 364 g/mol. The predicted octanol–water partition coefficient (Wildman–Crippen LogP) is 8.19. The SMILES string of the molecule is CC1CCC(CCC2CCC(CCc3ccc(C(F)(F)F)c(F)c3)CC2)CC1. The number of aryl methyl sites for hydroxylation is 1. The van der Waals surface area contributed by atoms with Crippen molar-refractivity contribution in [1.82, 2.24) is 0 Å². The summed E-state index contributed by atoms with van der Waals surface area (Å²) in [5, 5.41) is 0. The first-order valence-corrected chi connectivity index (χ1v) is 11.2. The number of halogens is 4. The molecule has 4 heteroatoms. The molecule has 0 nitrogen and oxygen atoms in total. The smallest absolute Gasteiger partial charge is 0.206 e. The Morgan fingerprint density at radius 3 is 1.79 bits per heavy atom. The number of hydrogen-bond acceptors (Lipinski definition) is 0. The van der Waals surface area contributed by atoms with Crippen molar-refractivity contribution in [1.29, 1.82) is 0 Å². The molecule has 2 aliphatic rings. The molecule has 28 heavy (non-hydrogen) atoms. The van der Waals surface area contributed by atoms with Crippen molar-refractivity contribution in [2.45, 2.75) is 90.1 Å². The first kappa shape index (κ1) is 21.6. The van der Waals surface area contributed by atoms with Gasteiger partial charge in [-0.1, -0.05) is 77.2 Å². The van der Waals surface area contributed by atoms with E-state index in [1.165, 1.54) is 70.3 Å². The summed E-state index contributed by atoms with van der Waals surface area (Å²) in [5.74, 6) is 2.22. The van der Waals surface area contributed by atoms with E-state index in [4.69, 9.17) is 0 Å². The molecule has 1 aromatic carbocycles. The molecule has 0 unspecified atom stereocenters. The highest BCUT2D eigenvalue weighted by molar-refractivity contribution is 5.26. The van der Waals surface area contributed by atoms with Crippen LogP contribution in [0.15, 0.2) is 18.2 Å². The minimum atomic E-state index is -4.61. The van der Waals surface area contributed by atoms with Crippen LogP contribution in [0.2, 0.25) is 0 Å². The number of benzene rings is 1. The van der Waals surface area contributed by atoms with Gasteiger partial charge in [0.2, 0.25) is 0 Å². The first-order valence-electron chi connectivity index (χ1n) is 11.2. The first-order chi connectivity index (χ1) is 13.3. The lowest BCUT2D eigenvalue weighted by molar-refractivity contribution is -0.140. The highest BCUT2D eigenvalue weighted by Gasteiger charge is 2.34. The Bertz CT molecular complexity index is 606. The summed E-state index contributed by atoms with van der Waals surface area (Å²) in [6, 6.07) is 3.38. The third kappa shape index (κ3) is 6.22. The molecule has 3 rings (SSSR count). The Labute approximate surface area is 167 Å². The van der Waals surface area contributed by atoms with E-state index in [1.807, 2.05) is 0 Å². The third-order valence-corrected chi connectivity index (χ3v) is 7.27. The normalized spacial score (nSPS) is 29.0. The zero-order valence-corrected chi connectivity index (χ0v) is 17.0. The third-order valence-electron chi connectivity index (χ3n) is 7.27. The van der Waals surface area contributed by atoms with Crippen LogP contribution in [0.3, 0.4) is 0 Å². The second-order valence-corrected chi connectivity index (χ2v) is 9.44. The maximum Gasteiger partial charge on any atom is 0.419 e. The van der Waals surface area contributed by atoms with Gasteiger partial charge < -0.3 is 0 Å². The van der Waals surface area contributed by atoms with E-state index < -0.39 is 17.6 Å². The molecule has 2 fully saturated rings. The van der Waals surface area contributed by atoms with Crippen molar-refractivity contribution in [2.75, 3.05) is 0 Å². The van der Waals surface area contributed by atoms with E-state index in [1.54, 1.807) is 0 Å². The lowest BCUT2D eigenvalue weighted by atomic mass is 9.75. The Balaban J connectivity index is 1.36. The van der Waals surface area contributed by atoms with E-state index >= 15 is 0 Å². The molecule has 2 aliphatic carbocycles. The topological polar surface area (TPSA) is 0 Å². The quantitative estimate of drug-likeness (QED) is 0.424. The summed E-state index contributed by atoms with van der Waals surface area (Å²) in [6.45, 7) is 2.37. The van der Waals surface area contributed by atoms with Crippen LogP contribution < -0.4 is 0 Å². The molecule has 0 radical (unpaired) electrons. The lowest BCUT2D eigenvalue weighted by Gasteiger charge is -2.31. The van der Waals surface area contributed by atoms with Gasteiger partial charge in [0.15, 0.2) is 0 Å². The molecular formula is C24H34F4. The zero-order chi connectivity index (χ0) is 20.1. The standard InChI is InChI=1S/C24H34F4/c1-17-2-4-18(5-3-17)6-7-19-8-10-20(11-9-19)12-13-21-14-15-22(23(25)16-21)24(26,27)28/h14-20H,2-13H2,1H3. The van der Waals surface area contributed by atoms with Crippen molar-refractivity contribution in [2.24, 2.45) is 23.7 Å². The fraction of sp³-hybridized carbons (Fsp3) is 0.750. The Kier molecular flexibility index (Phi) is 7.44. The summed E-state index contributed by atoms with van der Waals surface area (Å²) in [4.78, 5) is 0. The largest absolute Gasteiger partial charge is 0.419 e. The van der Waals surface area contributed by atoms with Crippen LogP contribution >= 0.6 is 0 Å². The fourth-order valence-electron chi connectivity index (χ4n) is 5.21. The number of alkyl halides is 3. The van der Waals surface area contributed by atoms with Crippen molar-refractivity contribution < 1.29 is 17.6 Å². The van der Waals surface area contributed by atoms with E-state index in [0.717, 1.165) is 36.3 Å². The van der Waals surface area contributed by atoms with Gasteiger partial charge in [0, 0.05) is 0 Å². The average molecular weight is 399 g/mol. The Morgan fingerprint density at radius 1 is 0.786 bits per heavy atom. The van der Waals surface area contributed by atoms with Crippen LogP contribution in [-0.4, -0.2) is 0 Å². The molecule has 0 saturated heterocycles. The number of rotatable bonds is 6. The van der Waals surface area contributed by atoms with Gasteiger partial charge in [0.05, 0.1) is 5.56 Å². The Hall–Kier alpha value is -1.06. The van der Waals surface area contributed by atoms with E-state index in [0.29, 0.717) is 17.9 Å². The molecule has 0 N–H and O–H groups in total. The molecule has 0 spiro atoms. The second-order valence-electron chi connectivity index (χ2n) is 9.44. The van der Waals surface area contributed by atoms with Crippen LogP contribution in [0.1, 0.15) is 88.7 Å². The van der Waals surface area contributed by atoms with Crippen LogP contribution in [0, 0.1) is 29.5 Å². The molecule has 2 saturated carbocycles. The average Bonchev–Trinajstić information content (AvgIpc) is 2.66. The summed E-state index contributed by atoms with van der Waals surface area (Å²) in [7, 11) is 0. The van der Waals surface area contributed by atoms with Crippen LogP contribution in [0.25, 0.3) is 0 Å². The minimum Gasteiger partial charge on any atom is -0.206 e. The van der Waals surface area contributed by atoms with E-state index in [-0.39, 0.29) is 0 Å². The molecule has 0 amide bonds. The van der Waals surface area contributed by atoms with Gasteiger partial charge in [-0.25, -0.2) is 4.39 Å². The number of hydrogen-bond donors (Lipinski definition) is 0. The molecule has 0 bridgehead atoms. The highest BCUT2D eigenvalue weighted by atomic mass is 19.4. The van der Waals surface area contributed by atoms with Crippen molar-refractivity contribution in [3.63, 3.8) is 0 Å². The minimum absolute atomic E-state index is 0.636. The molecule has 0 aliphatic heterocycles. The predicted molar refractivity (Wildman–Crippen MR) is 106 cm³/mol. The summed E-state index contributed by atoms with van der Waals surface area (Å²) in [5.41, 5.74) is -0.483. The zero-order valence-electron chi connectivity index (χ0n) is 17.0. The van der Waals surface area contributed by atoms with Crippen LogP contribution in [0.4, 0.5) is 17.6 Å². The molecule has 0 heterocycles. The van der Waals surface area contributed by atoms with Crippen molar-refractivity contribution in [3.8, 4) is 0 Å². The summed E-state index contributed by atoms with van der Waals surface area (Å²) >= 11 is 0. The van der Waals surface area contributed by atoms with E-state index in [9.17, 15) is 17.6 Å². The molecule has 0 atom stereocenters. The molecule has 1 aromatic rings. The van der Waals surface area contributed by atoms with Crippen molar-refractivity contribution in [3.05, 3.63) is 35.1 Å². The van der Waals surface area contributed by atoms with Crippen LogP contribution in [-0.2, 0) is 12.6 Å². The van der Waals surface area contributed by atoms with Gasteiger partial charge in [0.25, 0.3) is 0 Å². The summed E-state index contributed by atoms with van der Waals surface area (Å²) in [6.07, 6.45) is 10.4. The second kappa shape index (κ2) is 9.63. The van der Waals surface area contributed by atoms with Gasteiger partial charge in [-0.2, -0.15) is 13.2 Å². The van der Waals surface area contributed by atoms with Gasteiger partial charge >= 0.3 is 6.18 Å². The lowest BCUT2D eigenvalue weighted by Crippen LogP contribution is -2.18. The monoisotopic (exact) mass is 398 g/mol. The molecule has 0 aromatic heterocycles. The van der Waals surface area contributed by atoms with Gasteiger partial charge in [0.1, 0.15) is 5.82 Å². The highest BCUT2D eigenvalue weighted by Crippen LogP contribution is 2.38. The van der Waals surface area contributed by atoms with E-state index in [2.05, 4.69) is 6.92 Å². The summed E-state index contributed by atoms with van der Waals surface area (Å²) < 4.78 is 51.7. The van der Waals surface area contributed by atoms with Crippen LogP contribution in [0.5, 0.6) is 0 Å². The maximum atomic E-state index is 13.7. The van der Waals surface area contributed by atoms with Crippen molar-refractivity contribution >= 4 is 0 Å². The van der Waals surface area contributed by atoms with Gasteiger partial charge in [-0.05, 0) is 54.2 Å². The van der Waals surface area contributed by atoms with Gasteiger partial charge in [-0.3, -0.25) is 0 Å².